The van der Waals surface area contributed by atoms with Gasteiger partial charge in [-0.05, 0) is 18.6 Å². The topological polar surface area (TPSA) is 68.1 Å². The first-order chi connectivity index (χ1) is 13.1. The zero-order valence-corrected chi connectivity index (χ0v) is 15.3. The Morgan fingerprint density at radius 2 is 1.81 bits per heavy atom. The molecule has 2 aromatic heterocycles. The predicted molar refractivity (Wildman–Crippen MR) is 104 cm³/mol. The van der Waals surface area contributed by atoms with E-state index in [0.29, 0.717) is 30.3 Å². The summed E-state index contributed by atoms with van der Waals surface area (Å²) in [6, 6.07) is 12.6. The van der Waals surface area contributed by atoms with Crippen molar-refractivity contribution in [1.29, 1.82) is 0 Å². The van der Waals surface area contributed by atoms with E-state index in [2.05, 4.69) is 9.97 Å². The Labute approximate surface area is 161 Å². The lowest BCUT2D eigenvalue weighted by Crippen LogP contribution is -2.41. The summed E-state index contributed by atoms with van der Waals surface area (Å²) in [5.41, 5.74) is 1.48. The van der Waals surface area contributed by atoms with Gasteiger partial charge >= 0.3 is 0 Å². The fourth-order valence-electron chi connectivity index (χ4n) is 3.22. The Morgan fingerprint density at radius 3 is 2.56 bits per heavy atom. The minimum Gasteiger partial charge on any atom is -0.334 e. The molecule has 1 aliphatic rings. The number of anilines is 1. The molecule has 4 rings (SSSR count). The molecule has 3 heterocycles. The van der Waals surface area contributed by atoms with Crippen LogP contribution in [0.15, 0.2) is 59.7 Å². The first-order valence-electron chi connectivity index (χ1n) is 8.69. The number of pyridine rings is 1. The van der Waals surface area contributed by atoms with Crippen molar-refractivity contribution >= 4 is 23.3 Å². The minimum absolute atomic E-state index is 0.0151. The molecule has 0 atom stereocenters. The van der Waals surface area contributed by atoms with E-state index in [4.69, 9.17) is 11.6 Å². The molecule has 27 heavy (non-hydrogen) atoms. The number of Topliss-reactive ketones (excluding diaryl/α,β-unsaturated/α-hetero) is 1. The van der Waals surface area contributed by atoms with Crippen LogP contribution in [0.3, 0.4) is 0 Å². The highest BCUT2D eigenvalue weighted by molar-refractivity contribution is 6.32. The van der Waals surface area contributed by atoms with E-state index in [0.717, 1.165) is 12.0 Å². The highest BCUT2D eigenvalue weighted by Gasteiger charge is 2.25. The van der Waals surface area contributed by atoms with Crippen molar-refractivity contribution < 1.29 is 4.79 Å². The molecule has 1 aliphatic heterocycles. The number of carbonyl (C=O) groups is 1. The van der Waals surface area contributed by atoms with Crippen LogP contribution in [-0.2, 0) is 6.54 Å². The van der Waals surface area contributed by atoms with Gasteiger partial charge in [0.15, 0.2) is 5.78 Å². The van der Waals surface area contributed by atoms with Crippen LogP contribution in [0.4, 0.5) is 5.95 Å². The van der Waals surface area contributed by atoms with E-state index in [1.807, 2.05) is 23.1 Å². The predicted octanol–water partition coefficient (Wildman–Crippen LogP) is 3.05. The Balaban J connectivity index is 1.74. The van der Waals surface area contributed by atoms with Crippen LogP contribution in [0.25, 0.3) is 11.3 Å². The number of hydrogen-bond donors (Lipinski definition) is 0. The third-order valence-corrected chi connectivity index (χ3v) is 4.91. The third kappa shape index (κ3) is 3.36. The van der Waals surface area contributed by atoms with Gasteiger partial charge in [0, 0.05) is 36.6 Å². The molecule has 0 aliphatic carbocycles. The van der Waals surface area contributed by atoms with Crippen LogP contribution in [0.2, 0.25) is 5.02 Å². The summed E-state index contributed by atoms with van der Waals surface area (Å²) in [5.74, 6) is 0.463. The molecule has 0 amide bonds. The molecule has 0 radical (unpaired) electrons. The van der Waals surface area contributed by atoms with Crippen molar-refractivity contribution in [2.75, 3.05) is 18.0 Å². The van der Waals surface area contributed by atoms with Crippen molar-refractivity contribution in [3.05, 3.63) is 75.8 Å². The van der Waals surface area contributed by atoms with E-state index in [1.165, 1.54) is 0 Å². The Morgan fingerprint density at radius 1 is 1.07 bits per heavy atom. The third-order valence-electron chi connectivity index (χ3n) is 4.57. The average Bonchev–Trinajstić information content (AvgIpc) is 2.72. The van der Waals surface area contributed by atoms with E-state index in [1.54, 1.807) is 41.2 Å². The zero-order valence-electron chi connectivity index (χ0n) is 14.5. The second-order valence-corrected chi connectivity index (χ2v) is 6.71. The van der Waals surface area contributed by atoms with Crippen molar-refractivity contribution in [1.82, 2.24) is 14.5 Å². The number of hydrogen-bond acceptors (Lipinski definition) is 5. The summed E-state index contributed by atoms with van der Waals surface area (Å²) in [6.07, 6.45) is 4.00. The van der Waals surface area contributed by atoms with Gasteiger partial charge in [0.2, 0.25) is 5.95 Å². The summed E-state index contributed by atoms with van der Waals surface area (Å²) in [6.45, 7) is 1.35. The zero-order chi connectivity index (χ0) is 18.8. The molecular weight excluding hydrogens is 364 g/mol. The largest absolute Gasteiger partial charge is 0.334 e. The quantitative estimate of drug-likeness (QED) is 0.651. The van der Waals surface area contributed by atoms with Gasteiger partial charge in [0.05, 0.1) is 12.2 Å². The SMILES string of the molecule is O=C(CN1CCCn2c1nc(-c1ccncc1)c(Cl)c2=O)c1ccccc1. The molecule has 0 bridgehead atoms. The van der Waals surface area contributed by atoms with Crippen LogP contribution in [0.1, 0.15) is 16.8 Å². The molecule has 1 aromatic carbocycles. The maximum atomic E-state index is 12.8. The maximum Gasteiger partial charge on any atom is 0.274 e. The van der Waals surface area contributed by atoms with Gasteiger partial charge in [-0.2, -0.15) is 0 Å². The van der Waals surface area contributed by atoms with Gasteiger partial charge in [-0.15, -0.1) is 0 Å². The second-order valence-electron chi connectivity index (χ2n) is 6.33. The lowest BCUT2D eigenvalue weighted by Gasteiger charge is -2.30. The van der Waals surface area contributed by atoms with Gasteiger partial charge < -0.3 is 4.90 Å². The first-order valence-corrected chi connectivity index (χ1v) is 9.07. The lowest BCUT2D eigenvalue weighted by atomic mass is 10.1. The van der Waals surface area contributed by atoms with Crippen molar-refractivity contribution in [3.63, 3.8) is 0 Å². The van der Waals surface area contributed by atoms with Crippen molar-refractivity contribution in [2.24, 2.45) is 0 Å². The van der Waals surface area contributed by atoms with Crippen molar-refractivity contribution in [3.8, 4) is 11.3 Å². The highest BCUT2D eigenvalue weighted by atomic mass is 35.5. The van der Waals surface area contributed by atoms with E-state index >= 15 is 0 Å². The average molecular weight is 381 g/mol. The molecule has 0 saturated heterocycles. The molecule has 136 valence electrons. The summed E-state index contributed by atoms with van der Waals surface area (Å²) in [4.78, 5) is 35.9. The van der Waals surface area contributed by atoms with Gasteiger partial charge in [-0.25, -0.2) is 4.98 Å². The number of rotatable bonds is 4. The maximum absolute atomic E-state index is 12.8. The molecule has 0 fully saturated rings. The highest BCUT2D eigenvalue weighted by Crippen LogP contribution is 2.27. The second kappa shape index (κ2) is 7.32. The number of halogens is 1. The molecule has 7 heteroatoms. The standard InChI is InChI=1S/C20H17ClN4O2/c21-17-18(15-7-9-22-10-8-15)23-20-24(11-4-12-25(20)19(17)27)13-16(26)14-5-2-1-3-6-14/h1-3,5-10H,4,11-13H2. The van der Waals surface area contributed by atoms with Crippen LogP contribution < -0.4 is 10.5 Å². The van der Waals surface area contributed by atoms with Crippen LogP contribution in [0.5, 0.6) is 0 Å². The summed E-state index contributed by atoms with van der Waals surface area (Å²) < 4.78 is 1.55. The monoisotopic (exact) mass is 380 g/mol. The fraction of sp³-hybridized carbons (Fsp3) is 0.200. The summed E-state index contributed by atoms with van der Waals surface area (Å²) >= 11 is 6.31. The van der Waals surface area contributed by atoms with E-state index in [-0.39, 0.29) is 22.9 Å². The van der Waals surface area contributed by atoms with E-state index < -0.39 is 0 Å². The Bertz CT molecular complexity index is 1040. The summed E-state index contributed by atoms with van der Waals surface area (Å²) in [7, 11) is 0. The molecule has 0 saturated carbocycles. The molecule has 0 spiro atoms. The number of nitrogens with zero attached hydrogens (tertiary/aromatic N) is 4. The summed E-state index contributed by atoms with van der Waals surface area (Å²) in [5, 5.41) is 0.0844. The lowest BCUT2D eigenvalue weighted by molar-refractivity contribution is 0.0997. The van der Waals surface area contributed by atoms with Crippen molar-refractivity contribution in [2.45, 2.75) is 13.0 Å². The van der Waals surface area contributed by atoms with Crippen LogP contribution in [0, 0.1) is 0 Å². The first kappa shape index (κ1) is 17.4. The number of carbonyl (C=O) groups excluding carboxylic acids is 1. The Kier molecular flexibility index (Phi) is 4.73. The van der Waals surface area contributed by atoms with Gasteiger partial charge in [-0.3, -0.25) is 19.1 Å². The molecule has 0 unspecified atom stereocenters. The number of aromatic nitrogens is 3. The van der Waals surface area contributed by atoms with Gasteiger partial charge in [0.25, 0.3) is 5.56 Å². The number of fused-ring (bicyclic) bond motifs is 1. The van der Waals surface area contributed by atoms with Crippen LogP contribution >= 0.6 is 11.6 Å². The smallest absolute Gasteiger partial charge is 0.274 e. The minimum atomic E-state index is -0.287. The molecule has 0 N–H and O–H groups in total. The Hall–Kier alpha value is -2.99. The van der Waals surface area contributed by atoms with Gasteiger partial charge in [-0.1, -0.05) is 41.9 Å². The fourth-order valence-corrected chi connectivity index (χ4v) is 3.48. The van der Waals surface area contributed by atoms with Gasteiger partial charge in [0.1, 0.15) is 5.02 Å². The molecule has 6 nitrogen and oxygen atoms in total. The number of benzene rings is 1. The molecule has 3 aromatic rings. The normalized spacial score (nSPS) is 13.3. The van der Waals surface area contributed by atoms with E-state index in [9.17, 15) is 9.59 Å². The number of ketones is 1. The molecular formula is C20H17ClN4O2. The van der Waals surface area contributed by atoms with Crippen LogP contribution in [-0.4, -0.2) is 33.4 Å².